The van der Waals surface area contributed by atoms with Crippen LogP contribution in [0.3, 0.4) is 0 Å². The van der Waals surface area contributed by atoms with Crippen molar-refractivity contribution in [2.75, 3.05) is 12.5 Å². The van der Waals surface area contributed by atoms with Gasteiger partial charge >= 0.3 is 0 Å². The minimum absolute atomic E-state index is 0.171. The first kappa shape index (κ1) is 23.3. The van der Waals surface area contributed by atoms with Gasteiger partial charge in [-0.3, -0.25) is 0 Å². The fraction of sp³-hybridized carbons (Fsp3) is 0.130. The lowest BCUT2D eigenvalue weighted by Gasteiger charge is -2.16. The van der Waals surface area contributed by atoms with E-state index in [1.54, 1.807) is 17.9 Å². The fourth-order valence-corrected chi connectivity index (χ4v) is 4.05. The number of halogens is 3. The highest BCUT2D eigenvalue weighted by Crippen LogP contribution is 2.34. The number of hydrogen-bond acceptors (Lipinski definition) is 5. The largest absolute Gasteiger partial charge is 0.493 e. The van der Waals surface area contributed by atoms with E-state index >= 15 is 0 Å². The smallest absolute Gasteiger partial charge is 0.214 e. The van der Waals surface area contributed by atoms with Gasteiger partial charge in [-0.25, -0.2) is 14.2 Å². The second kappa shape index (κ2) is 10.4. The van der Waals surface area contributed by atoms with Crippen LogP contribution in [0.1, 0.15) is 11.1 Å². The lowest BCUT2D eigenvalue weighted by atomic mass is 10.2. The predicted octanol–water partition coefficient (Wildman–Crippen LogP) is 6.49. The Balaban J connectivity index is 1.52. The number of aromatic nitrogens is 3. The number of aromatic amines is 1. The second-order valence-corrected chi connectivity index (χ2v) is 8.66. The molecule has 1 aromatic heterocycles. The predicted molar refractivity (Wildman–Crippen MR) is 132 cm³/mol. The van der Waals surface area contributed by atoms with Crippen LogP contribution < -0.4 is 14.9 Å². The van der Waals surface area contributed by atoms with E-state index in [0.29, 0.717) is 39.2 Å². The van der Waals surface area contributed by atoms with E-state index in [0.717, 1.165) is 15.6 Å². The SMILES string of the molecule is COc1cc(CNn2c(-c3ccccc3)n[nH]c2=S)c(Br)cc1OCc1ccc(F)cc1Cl. The average molecular weight is 550 g/mol. The van der Waals surface area contributed by atoms with Gasteiger partial charge in [0.25, 0.3) is 0 Å². The van der Waals surface area contributed by atoms with Crippen molar-refractivity contribution < 1.29 is 13.9 Å². The van der Waals surface area contributed by atoms with Gasteiger partial charge in [-0.1, -0.05) is 63.9 Å². The molecule has 0 spiro atoms. The summed E-state index contributed by atoms with van der Waals surface area (Å²) in [4.78, 5) is 0. The summed E-state index contributed by atoms with van der Waals surface area (Å²) in [6.07, 6.45) is 0. The third kappa shape index (κ3) is 5.38. The maximum Gasteiger partial charge on any atom is 0.214 e. The molecule has 0 amide bonds. The van der Waals surface area contributed by atoms with Crippen molar-refractivity contribution in [1.29, 1.82) is 0 Å². The zero-order chi connectivity index (χ0) is 23.4. The lowest BCUT2D eigenvalue weighted by Crippen LogP contribution is -2.16. The fourth-order valence-electron chi connectivity index (χ4n) is 3.17. The number of rotatable bonds is 8. The van der Waals surface area contributed by atoms with Gasteiger partial charge in [0.1, 0.15) is 12.4 Å². The number of hydrogen-bond donors (Lipinski definition) is 2. The van der Waals surface area contributed by atoms with Gasteiger partial charge < -0.3 is 14.9 Å². The molecule has 0 fully saturated rings. The summed E-state index contributed by atoms with van der Waals surface area (Å²) in [5.41, 5.74) is 5.81. The molecule has 0 aliphatic heterocycles. The van der Waals surface area contributed by atoms with E-state index in [4.69, 9.17) is 33.3 Å². The van der Waals surface area contributed by atoms with Crippen molar-refractivity contribution in [3.05, 3.63) is 91.9 Å². The Morgan fingerprint density at radius 2 is 1.91 bits per heavy atom. The molecule has 4 rings (SSSR count). The van der Waals surface area contributed by atoms with Gasteiger partial charge in [0.2, 0.25) is 4.77 Å². The zero-order valence-corrected chi connectivity index (χ0v) is 20.6. The Morgan fingerprint density at radius 3 is 2.64 bits per heavy atom. The number of nitrogens with zero attached hydrogens (tertiary/aromatic N) is 2. The first-order valence-electron chi connectivity index (χ1n) is 9.86. The Kier molecular flexibility index (Phi) is 7.32. The van der Waals surface area contributed by atoms with Gasteiger partial charge in [0.05, 0.1) is 18.7 Å². The number of H-pyrrole nitrogens is 1. The summed E-state index contributed by atoms with van der Waals surface area (Å²) >= 11 is 15.1. The molecule has 4 aromatic rings. The van der Waals surface area contributed by atoms with Crippen LogP contribution >= 0.6 is 39.7 Å². The number of nitrogens with one attached hydrogen (secondary N) is 2. The Morgan fingerprint density at radius 1 is 1.12 bits per heavy atom. The molecule has 0 aliphatic carbocycles. The quantitative estimate of drug-likeness (QED) is 0.246. The van der Waals surface area contributed by atoms with Crippen LogP contribution in [0.2, 0.25) is 5.02 Å². The molecule has 0 saturated carbocycles. The Labute approximate surface area is 208 Å². The van der Waals surface area contributed by atoms with E-state index in [9.17, 15) is 4.39 Å². The summed E-state index contributed by atoms with van der Waals surface area (Å²) in [6.45, 7) is 0.610. The maximum absolute atomic E-state index is 13.3. The highest BCUT2D eigenvalue weighted by atomic mass is 79.9. The summed E-state index contributed by atoms with van der Waals surface area (Å²) in [6, 6.07) is 17.6. The zero-order valence-electron chi connectivity index (χ0n) is 17.4. The minimum atomic E-state index is -0.394. The van der Waals surface area contributed by atoms with Crippen LogP contribution in [0.4, 0.5) is 4.39 Å². The average Bonchev–Trinajstić information content (AvgIpc) is 3.18. The normalized spacial score (nSPS) is 10.8. The van der Waals surface area contributed by atoms with Crippen molar-refractivity contribution in [3.63, 3.8) is 0 Å². The molecule has 1 heterocycles. The van der Waals surface area contributed by atoms with Gasteiger partial charge in [-0.15, -0.1) is 0 Å². The van der Waals surface area contributed by atoms with Crippen LogP contribution in [-0.2, 0) is 13.2 Å². The van der Waals surface area contributed by atoms with Crippen LogP contribution in [0.25, 0.3) is 11.4 Å². The summed E-state index contributed by atoms with van der Waals surface area (Å²) in [5, 5.41) is 7.45. The topological polar surface area (TPSA) is 64.1 Å². The molecule has 170 valence electrons. The molecule has 0 unspecified atom stereocenters. The first-order chi connectivity index (χ1) is 16.0. The standard InChI is InChI=1S/C23H19BrClFN4O2S/c1-31-20-9-16(12-27-30-22(28-29-23(30)33)14-5-3-2-4-6-14)18(24)11-21(20)32-13-15-7-8-17(26)10-19(15)25/h2-11,27H,12-13H2,1H3,(H,29,33). The molecule has 0 aliphatic rings. The molecular weight excluding hydrogens is 531 g/mol. The summed E-state index contributed by atoms with van der Waals surface area (Å²) in [7, 11) is 1.57. The van der Waals surface area contributed by atoms with Crippen molar-refractivity contribution in [3.8, 4) is 22.9 Å². The van der Waals surface area contributed by atoms with E-state index < -0.39 is 5.82 Å². The van der Waals surface area contributed by atoms with E-state index in [2.05, 4.69) is 31.6 Å². The van der Waals surface area contributed by atoms with Crippen molar-refractivity contribution in [2.45, 2.75) is 13.2 Å². The van der Waals surface area contributed by atoms with Gasteiger partial charge in [-0.2, -0.15) is 5.10 Å². The Hall–Kier alpha value is -2.88. The summed E-state index contributed by atoms with van der Waals surface area (Å²) < 4.78 is 27.7. The minimum Gasteiger partial charge on any atom is -0.493 e. The van der Waals surface area contributed by atoms with Crippen LogP contribution in [0.15, 0.2) is 65.1 Å². The van der Waals surface area contributed by atoms with Gasteiger partial charge in [-0.05, 0) is 42.0 Å². The van der Waals surface area contributed by atoms with E-state index in [1.165, 1.54) is 12.1 Å². The highest BCUT2D eigenvalue weighted by Gasteiger charge is 2.14. The lowest BCUT2D eigenvalue weighted by molar-refractivity contribution is 0.284. The maximum atomic E-state index is 13.3. The van der Waals surface area contributed by atoms with Gasteiger partial charge in [0, 0.05) is 15.6 Å². The van der Waals surface area contributed by atoms with Crippen molar-refractivity contribution >= 4 is 39.7 Å². The van der Waals surface area contributed by atoms with Crippen molar-refractivity contribution in [2.24, 2.45) is 0 Å². The first-order valence-corrected chi connectivity index (χ1v) is 11.4. The molecular formula is C23H19BrClFN4O2S. The van der Waals surface area contributed by atoms with E-state index in [-0.39, 0.29) is 6.61 Å². The van der Waals surface area contributed by atoms with Crippen LogP contribution in [-0.4, -0.2) is 22.0 Å². The number of ether oxygens (including phenoxy) is 2. The molecule has 0 saturated heterocycles. The molecule has 6 nitrogen and oxygen atoms in total. The molecule has 2 N–H and O–H groups in total. The third-order valence-corrected chi connectivity index (χ3v) is 6.23. The molecule has 33 heavy (non-hydrogen) atoms. The Bertz CT molecular complexity index is 1330. The third-order valence-electron chi connectivity index (χ3n) is 4.86. The molecule has 0 bridgehead atoms. The van der Waals surface area contributed by atoms with Crippen LogP contribution in [0, 0.1) is 10.6 Å². The second-order valence-electron chi connectivity index (χ2n) is 7.01. The molecule has 10 heteroatoms. The molecule has 0 radical (unpaired) electrons. The van der Waals surface area contributed by atoms with Gasteiger partial charge in [0.15, 0.2) is 17.3 Å². The van der Waals surface area contributed by atoms with E-state index in [1.807, 2.05) is 42.5 Å². The van der Waals surface area contributed by atoms with Crippen molar-refractivity contribution in [1.82, 2.24) is 14.9 Å². The highest BCUT2D eigenvalue weighted by molar-refractivity contribution is 9.10. The van der Waals surface area contributed by atoms with Crippen LogP contribution in [0.5, 0.6) is 11.5 Å². The number of benzene rings is 3. The monoisotopic (exact) mass is 548 g/mol. The molecule has 3 aromatic carbocycles. The number of methoxy groups -OCH3 is 1. The summed E-state index contributed by atoms with van der Waals surface area (Å²) in [5.74, 6) is 1.36. The molecule has 0 atom stereocenters.